The fourth-order valence-electron chi connectivity index (χ4n) is 0.432. The molecule has 0 amide bonds. The van der Waals surface area contributed by atoms with Gasteiger partial charge in [-0.25, -0.2) is 0 Å². The minimum Gasteiger partial charge on any atom is -0.119 e. The fourth-order valence-corrected chi connectivity index (χ4v) is 1.39. The number of alkyl halides is 3. The van der Waals surface area contributed by atoms with Crippen molar-refractivity contribution in [2.45, 2.75) is 16.6 Å². The van der Waals surface area contributed by atoms with Crippen molar-refractivity contribution in [3.63, 3.8) is 0 Å². The molecule has 1 rings (SSSR count). The predicted octanol–water partition coefficient (Wildman–Crippen LogP) is 2.42. The number of hydrogen-bond donors (Lipinski definition) is 0. The van der Waals surface area contributed by atoms with Crippen LogP contribution in [0.25, 0.3) is 0 Å². The summed E-state index contributed by atoms with van der Waals surface area (Å²) >= 11 is 16.7. The van der Waals surface area contributed by atoms with Crippen molar-refractivity contribution in [3.05, 3.63) is 0 Å². The maximum Gasteiger partial charge on any atom is 0.138 e. The van der Waals surface area contributed by atoms with Crippen molar-refractivity contribution in [1.29, 1.82) is 0 Å². The average molecular weight is 159 g/mol. The van der Waals surface area contributed by atoms with Crippen molar-refractivity contribution in [2.24, 2.45) is 5.92 Å². The Labute approximate surface area is 57.7 Å². The second-order valence-electron chi connectivity index (χ2n) is 1.86. The lowest BCUT2D eigenvalue weighted by Crippen LogP contribution is -1.86. The van der Waals surface area contributed by atoms with Crippen LogP contribution in [0.1, 0.15) is 6.92 Å². The maximum absolute atomic E-state index is 5.58. The van der Waals surface area contributed by atoms with E-state index in [2.05, 4.69) is 0 Å². The molecule has 1 aliphatic rings. The van der Waals surface area contributed by atoms with Crippen molar-refractivity contribution in [3.8, 4) is 0 Å². The van der Waals surface area contributed by atoms with Gasteiger partial charge in [0, 0.05) is 5.92 Å². The highest BCUT2D eigenvalue weighted by Gasteiger charge is 2.59. The standard InChI is InChI=1S/C4H5Cl3/c1-2-3(5)4(2,6)7/h2-3H,1H3. The van der Waals surface area contributed by atoms with E-state index in [1.54, 1.807) is 0 Å². The van der Waals surface area contributed by atoms with Crippen LogP contribution in [0.3, 0.4) is 0 Å². The van der Waals surface area contributed by atoms with Gasteiger partial charge in [0.15, 0.2) is 0 Å². The van der Waals surface area contributed by atoms with Gasteiger partial charge < -0.3 is 0 Å². The Hall–Kier alpha value is 0.870. The first kappa shape index (κ1) is 6.00. The topological polar surface area (TPSA) is 0 Å². The second-order valence-corrected chi connectivity index (χ2v) is 3.78. The number of rotatable bonds is 0. The van der Waals surface area contributed by atoms with Gasteiger partial charge in [-0.05, 0) is 0 Å². The summed E-state index contributed by atoms with van der Waals surface area (Å²) in [4.78, 5) is 0. The van der Waals surface area contributed by atoms with E-state index in [1.165, 1.54) is 0 Å². The third-order valence-corrected chi connectivity index (χ3v) is 3.41. The molecule has 2 unspecified atom stereocenters. The van der Waals surface area contributed by atoms with Crippen molar-refractivity contribution >= 4 is 34.8 Å². The van der Waals surface area contributed by atoms with Gasteiger partial charge in [0.05, 0.1) is 5.38 Å². The van der Waals surface area contributed by atoms with Crippen LogP contribution < -0.4 is 0 Å². The van der Waals surface area contributed by atoms with Crippen LogP contribution >= 0.6 is 34.8 Å². The summed E-state index contributed by atoms with van der Waals surface area (Å²) in [5, 5.41) is -0.0316. The summed E-state index contributed by atoms with van der Waals surface area (Å²) in [7, 11) is 0. The molecule has 0 aromatic rings. The molecule has 1 aliphatic carbocycles. The van der Waals surface area contributed by atoms with Gasteiger partial charge in [0.2, 0.25) is 0 Å². The Morgan fingerprint density at radius 1 is 1.43 bits per heavy atom. The molecule has 0 nitrogen and oxygen atoms in total. The van der Waals surface area contributed by atoms with Gasteiger partial charge in [-0.1, -0.05) is 30.1 Å². The third kappa shape index (κ3) is 0.737. The molecule has 0 radical (unpaired) electrons. The molecule has 0 aliphatic heterocycles. The van der Waals surface area contributed by atoms with E-state index >= 15 is 0 Å². The first-order valence-corrected chi connectivity index (χ1v) is 3.28. The zero-order chi connectivity index (χ0) is 5.65. The van der Waals surface area contributed by atoms with E-state index < -0.39 is 4.33 Å². The van der Waals surface area contributed by atoms with Crippen LogP contribution in [0.2, 0.25) is 0 Å². The lowest BCUT2D eigenvalue weighted by molar-refractivity contribution is 0.964. The molecule has 2 atom stereocenters. The molecular formula is C4H5Cl3. The summed E-state index contributed by atoms with van der Waals surface area (Å²) in [6, 6.07) is 0. The first-order chi connectivity index (χ1) is 3.07. The molecule has 7 heavy (non-hydrogen) atoms. The Bertz CT molecular complexity index is 78.9. The minimum absolute atomic E-state index is 0.0316. The van der Waals surface area contributed by atoms with Crippen LogP contribution in [-0.2, 0) is 0 Å². The Morgan fingerprint density at radius 3 is 1.57 bits per heavy atom. The van der Waals surface area contributed by atoms with E-state index in [0.717, 1.165) is 0 Å². The summed E-state index contributed by atoms with van der Waals surface area (Å²) in [5.41, 5.74) is 0. The summed E-state index contributed by atoms with van der Waals surface area (Å²) in [5.74, 6) is 0.262. The van der Waals surface area contributed by atoms with Gasteiger partial charge in [-0.3, -0.25) is 0 Å². The lowest BCUT2D eigenvalue weighted by Gasteiger charge is -1.86. The van der Waals surface area contributed by atoms with Crippen molar-refractivity contribution in [2.75, 3.05) is 0 Å². The monoisotopic (exact) mass is 158 g/mol. The molecular weight excluding hydrogens is 154 g/mol. The summed E-state index contributed by atoms with van der Waals surface area (Å²) < 4.78 is -0.623. The van der Waals surface area contributed by atoms with Gasteiger partial charge in [-0.2, -0.15) is 0 Å². The van der Waals surface area contributed by atoms with Gasteiger partial charge in [0.25, 0.3) is 0 Å². The molecule has 1 saturated carbocycles. The van der Waals surface area contributed by atoms with E-state index in [0.29, 0.717) is 0 Å². The summed E-state index contributed by atoms with van der Waals surface area (Å²) in [6.45, 7) is 1.93. The predicted molar refractivity (Wildman–Crippen MR) is 33.2 cm³/mol. The Balaban J connectivity index is 2.52. The highest BCUT2D eigenvalue weighted by atomic mass is 35.5. The highest BCUT2D eigenvalue weighted by molar-refractivity contribution is 6.56. The van der Waals surface area contributed by atoms with Gasteiger partial charge in [-0.15, -0.1) is 11.6 Å². The van der Waals surface area contributed by atoms with Crippen molar-refractivity contribution < 1.29 is 0 Å². The average Bonchev–Trinajstić information content (AvgIpc) is 1.91. The fraction of sp³-hybridized carbons (Fsp3) is 1.00. The maximum atomic E-state index is 5.58. The van der Waals surface area contributed by atoms with Gasteiger partial charge >= 0.3 is 0 Å². The number of hydrogen-bond acceptors (Lipinski definition) is 0. The summed E-state index contributed by atoms with van der Waals surface area (Å²) in [6.07, 6.45) is 0. The third-order valence-electron chi connectivity index (χ3n) is 1.30. The highest BCUT2D eigenvalue weighted by Crippen LogP contribution is 2.56. The van der Waals surface area contributed by atoms with Crippen LogP contribution in [0, 0.1) is 5.92 Å². The molecule has 0 bridgehead atoms. The van der Waals surface area contributed by atoms with Crippen molar-refractivity contribution in [1.82, 2.24) is 0 Å². The van der Waals surface area contributed by atoms with Crippen LogP contribution in [-0.4, -0.2) is 9.71 Å². The smallest absolute Gasteiger partial charge is 0.119 e. The van der Waals surface area contributed by atoms with Crippen LogP contribution in [0.4, 0.5) is 0 Å². The zero-order valence-corrected chi connectivity index (χ0v) is 6.06. The minimum atomic E-state index is -0.623. The molecule has 0 saturated heterocycles. The Kier molecular flexibility index (Phi) is 1.22. The lowest BCUT2D eigenvalue weighted by atomic mass is 10.5. The van der Waals surface area contributed by atoms with E-state index in [1.807, 2.05) is 6.92 Å². The second kappa shape index (κ2) is 1.43. The van der Waals surface area contributed by atoms with E-state index in [4.69, 9.17) is 34.8 Å². The largest absolute Gasteiger partial charge is 0.138 e. The van der Waals surface area contributed by atoms with Crippen LogP contribution in [0.15, 0.2) is 0 Å². The molecule has 0 N–H and O–H groups in total. The van der Waals surface area contributed by atoms with E-state index in [-0.39, 0.29) is 11.3 Å². The molecule has 3 heteroatoms. The van der Waals surface area contributed by atoms with E-state index in [9.17, 15) is 0 Å². The Morgan fingerprint density at radius 2 is 1.57 bits per heavy atom. The zero-order valence-electron chi connectivity index (χ0n) is 3.79. The molecule has 0 aromatic heterocycles. The molecule has 42 valence electrons. The SMILES string of the molecule is CC1C(Cl)C1(Cl)Cl. The van der Waals surface area contributed by atoms with Crippen LogP contribution in [0.5, 0.6) is 0 Å². The molecule has 0 heterocycles. The molecule has 1 fully saturated rings. The quantitative estimate of drug-likeness (QED) is 0.476. The number of halogens is 3. The molecule has 0 spiro atoms. The van der Waals surface area contributed by atoms with Gasteiger partial charge in [0.1, 0.15) is 4.33 Å². The molecule has 0 aromatic carbocycles. The first-order valence-electron chi connectivity index (χ1n) is 2.08. The normalized spacial score (nSPS) is 46.3.